The van der Waals surface area contributed by atoms with Gasteiger partial charge in [0.15, 0.2) is 11.5 Å². The van der Waals surface area contributed by atoms with Crippen LogP contribution in [0, 0.1) is 5.41 Å². The van der Waals surface area contributed by atoms with Gasteiger partial charge in [-0.3, -0.25) is 0 Å². The van der Waals surface area contributed by atoms with Crippen molar-refractivity contribution in [2.24, 2.45) is 16.9 Å². The molecule has 1 aromatic rings. The Balaban J connectivity index is 2.14. The zero-order valence-corrected chi connectivity index (χ0v) is 11.8. The maximum atomic E-state index is 6.28. The fraction of sp³-hybridized carbons (Fsp3) is 0.600. The Morgan fingerprint density at radius 3 is 2.58 bits per heavy atom. The molecule has 1 atom stereocenters. The molecule has 0 fully saturated rings. The van der Waals surface area contributed by atoms with Crippen LogP contribution in [0.15, 0.2) is 18.2 Å². The van der Waals surface area contributed by atoms with Gasteiger partial charge in [0.25, 0.3) is 0 Å². The van der Waals surface area contributed by atoms with Crippen LogP contribution >= 0.6 is 0 Å². The van der Waals surface area contributed by atoms with Gasteiger partial charge in [-0.15, -0.1) is 0 Å². The van der Waals surface area contributed by atoms with Crippen LogP contribution in [0.1, 0.15) is 38.3 Å². The van der Waals surface area contributed by atoms with Gasteiger partial charge < -0.3 is 20.9 Å². The molecular weight excluding hydrogens is 240 g/mol. The van der Waals surface area contributed by atoms with E-state index in [1.807, 2.05) is 18.2 Å². The molecule has 0 saturated carbocycles. The molecule has 1 aromatic carbocycles. The lowest BCUT2D eigenvalue weighted by molar-refractivity contribution is 0.296. The Morgan fingerprint density at radius 2 is 1.89 bits per heavy atom. The summed E-state index contributed by atoms with van der Waals surface area (Å²) in [5.41, 5.74) is 13.2. The van der Waals surface area contributed by atoms with Gasteiger partial charge in [0.05, 0.1) is 13.2 Å². The van der Waals surface area contributed by atoms with Crippen molar-refractivity contribution in [2.75, 3.05) is 19.8 Å². The van der Waals surface area contributed by atoms with Crippen molar-refractivity contribution in [2.45, 2.75) is 32.7 Å². The van der Waals surface area contributed by atoms with Gasteiger partial charge in [0.1, 0.15) is 0 Å². The summed E-state index contributed by atoms with van der Waals surface area (Å²) in [6.45, 7) is 6.30. The molecule has 1 heterocycles. The Morgan fingerprint density at radius 1 is 1.21 bits per heavy atom. The van der Waals surface area contributed by atoms with E-state index in [9.17, 15) is 0 Å². The lowest BCUT2D eigenvalue weighted by Crippen LogP contribution is -2.28. The van der Waals surface area contributed by atoms with Crippen LogP contribution < -0.4 is 20.9 Å². The van der Waals surface area contributed by atoms with E-state index in [4.69, 9.17) is 20.9 Å². The van der Waals surface area contributed by atoms with Gasteiger partial charge in [0, 0.05) is 12.5 Å². The first-order valence-corrected chi connectivity index (χ1v) is 6.87. The first-order chi connectivity index (χ1) is 9.02. The van der Waals surface area contributed by atoms with Gasteiger partial charge in [-0.05, 0) is 36.1 Å². The van der Waals surface area contributed by atoms with Crippen molar-refractivity contribution in [3.63, 3.8) is 0 Å². The minimum atomic E-state index is -0.0318. The highest BCUT2D eigenvalue weighted by Gasteiger charge is 2.22. The summed E-state index contributed by atoms with van der Waals surface area (Å²) in [5.74, 6) is 1.61. The van der Waals surface area contributed by atoms with Gasteiger partial charge in [0.2, 0.25) is 0 Å². The molecule has 4 nitrogen and oxygen atoms in total. The van der Waals surface area contributed by atoms with E-state index in [2.05, 4.69) is 13.8 Å². The molecular formula is C15H24N2O2. The zero-order chi connectivity index (χ0) is 13.9. The van der Waals surface area contributed by atoms with Gasteiger partial charge >= 0.3 is 0 Å². The third kappa shape index (κ3) is 3.61. The number of hydrogen-bond donors (Lipinski definition) is 2. The lowest BCUT2D eigenvalue weighted by atomic mass is 9.84. The topological polar surface area (TPSA) is 70.5 Å². The average Bonchev–Trinajstić information content (AvgIpc) is 2.62. The van der Waals surface area contributed by atoms with E-state index in [0.717, 1.165) is 29.9 Å². The average molecular weight is 264 g/mol. The third-order valence-corrected chi connectivity index (χ3v) is 3.52. The SMILES string of the molecule is CC(C)(CN)CC(N)c1ccc2c(c1)OCCCO2. The third-order valence-electron chi connectivity index (χ3n) is 3.52. The first-order valence-electron chi connectivity index (χ1n) is 6.87. The molecule has 4 N–H and O–H groups in total. The lowest BCUT2D eigenvalue weighted by Gasteiger charge is -2.26. The second-order valence-electron chi connectivity index (χ2n) is 5.94. The number of rotatable bonds is 4. The molecule has 0 amide bonds. The van der Waals surface area contributed by atoms with Crippen LogP contribution in [-0.2, 0) is 0 Å². The number of benzene rings is 1. The predicted octanol–water partition coefficient (Wildman–Crippen LogP) is 2.22. The van der Waals surface area contributed by atoms with Gasteiger partial charge in [-0.1, -0.05) is 19.9 Å². The van der Waals surface area contributed by atoms with Crippen molar-refractivity contribution in [3.05, 3.63) is 23.8 Å². The van der Waals surface area contributed by atoms with Crippen LogP contribution in [0.25, 0.3) is 0 Å². The molecule has 0 aliphatic carbocycles. The Hall–Kier alpha value is -1.26. The highest BCUT2D eigenvalue weighted by molar-refractivity contribution is 5.44. The van der Waals surface area contributed by atoms with E-state index in [0.29, 0.717) is 19.8 Å². The summed E-state index contributed by atoms with van der Waals surface area (Å²) >= 11 is 0. The summed E-state index contributed by atoms with van der Waals surface area (Å²) in [5, 5.41) is 0. The molecule has 1 unspecified atom stereocenters. The molecule has 1 aliphatic heterocycles. The Bertz CT molecular complexity index is 432. The summed E-state index contributed by atoms with van der Waals surface area (Å²) in [6.07, 6.45) is 1.76. The van der Waals surface area contributed by atoms with Crippen LogP contribution in [-0.4, -0.2) is 19.8 Å². The second-order valence-corrected chi connectivity index (χ2v) is 5.94. The predicted molar refractivity (Wildman–Crippen MR) is 76.4 cm³/mol. The molecule has 106 valence electrons. The van der Waals surface area contributed by atoms with Crippen molar-refractivity contribution >= 4 is 0 Å². The van der Waals surface area contributed by atoms with Crippen LogP contribution in [0.2, 0.25) is 0 Å². The fourth-order valence-electron chi connectivity index (χ4n) is 2.21. The summed E-state index contributed by atoms with van der Waals surface area (Å²) in [6, 6.07) is 5.93. The summed E-state index contributed by atoms with van der Waals surface area (Å²) in [4.78, 5) is 0. The highest BCUT2D eigenvalue weighted by atomic mass is 16.5. The summed E-state index contributed by atoms with van der Waals surface area (Å²) < 4.78 is 11.3. The van der Waals surface area contributed by atoms with Gasteiger partial charge in [-0.2, -0.15) is 0 Å². The van der Waals surface area contributed by atoms with Crippen LogP contribution in [0.3, 0.4) is 0 Å². The highest BCUT2D eigenvalue weighted by Crippen LogP contribution is 2.34. The molecule has 0 spiro atoms. The van der Waals surface area contributed by atoms with Crippen molar-refractivity contribution in [3.8, 4) is 11.5 Å². The molecule has 0 bridgehead atoms. The maximum Gasteiger partial charge on any atom is 0.161 e. The van der Waals surface area contributed by atoms with Crippen molar-refractivity contribution in [1.29, 1.82) is 0 Å². The minimum Gasteiger partial charge on any atom is -0.490 e. The quantitative estimate of drug-likeness (QED) is 0.874. The van der Waals surface area contributed by atoms with E-state index >= 15 is 0 Å². The smallest absolute Gasteiger partial charge is 0.161 e. The normalized spacial score (nSPS) is 16.8. The molecule has 1 aliphatic rings. The number of nitrogens with two attached hydrogens (primary N) is 2. The monoisotopic (exact) mass is 264 g/mol. The Kier molecular flexibility index (Phi) is 4.32. The zero-order valence-electron chi connectivity index (χ0n) is 11.8. The summed E-state index contributed by atoms with van der Waals surface area (Å²) in [7, 11) is 0. The van der Waals surface area contributed by atoms with E-state index in [-0.39, 0.29) is 11.5 Å². The number of hydrogen-bond acceptors (Lipinski definition) is 4. The van der Waals surface area contributed by atoms with E-state index in [1.54, 1.807) is 0 Å². The minimum absolute atomic E-state index is 0.0318. The fourth-order valence-corrected chi connectivity index (χ4v) is 2.21. The Labute approximate surface area is 115 Å². The number of fused-ring (bicyclic) bond motifs is 1. The molecule has 2 rings (SSSR count). The van der Waals surface area contributed by atoms with Crippen LogP contribution in [0.4, 0.5) is 0 Å². The molecule has 0 saturated heterocycles. The van der Waals surface area contributed by atoms with Crippen molar-refractivity contribution < 1.29 is 9.47 Å². The van der Waals surface area contributed by atoms with E-state index in [1.165, 1.54) is 0 Å². The largest absolute Gasteiger partial charge is 0.490 e. The molecule has 0 aromatic heterocycles. The van der Waals surface area contributed by atoms with Gasteiger partial charge in [-0.25, -0.2) is 0 Å². The molecule has 4 heteroatoms. The molecule has 0 radical (unpaired) electrons. The second kappa shape index (κ2) is 5.80. The first kappa shape index (κ1) is 14.2. The van der Waals surface area contributed by atoms with Crippen LogP contribution in [0.5, 0.6) is 11.5 Å². The van der Waals surface area contributed by atoms with Crippen molar-refractivity contribution in [1.82, 2.24) is 0 Å². The standard InChI is InChI=1S/C15H24N2O2/c1-15(2,10-16)9-12(17)11-4-5-13-14(8-11)19-7-3-6-18-13/h4-5,8,12H,3,6-7,9-10,16-17H2,1-2H3. The van der Waals surface area contributed by atoms with E-state index < -0.39 is 0 Å². The number of ether oxygens (including phenoxy) is 2. The molecule has 19 heavy (non-hydrogen) atoms. The maximum absolute atomic E-state index is 6.28.